The van der Waals surface area contributed by atoms with Gasteiger partial charge in [-0.25, -0.2) is 0 Å². The van der Waals surface area contributed by atoms with Crippen LogP contribution in [0.3, 0.4) is 0 Å². The summed E-state index contributed by atoms with van der Waals surface area (Å²) in [6.45, 7) is 0. The molecule has 0 aliphatic carbocycles. The summed E-state index contributed by atoms with van der Waals surface area (Å²) in [5.74, 6) is -0.374. The maximum absolute atomic E-state index is 12.0. The molecule has 0 aliphatic rings. The number of carbonyl (C=O) groups excluding carboxylic acids is 1. The number of amides is 1. The first-order valence-electron chi connectivity index (χ1n) is 5.44. The molecule has 0 fully saturated rings. The number of nitrogens with two attached hydrogens (primary N) is 1. The van der Waals surface area contributed by atoms with E-state index < -0.39 is 5.91 Å². The van der Waals surface area contributed by atoms with Crippen molar-refractivity contribution in [3.8, 4) is 0 Å². The molecule has 0 atom stereocenters. The summed E-state index contributed by atoms with van der Waals surface area (Å²) in [5.41, 5.74) is 6.64. The van der Waals surface area contributed by atoms with E-state index in [9.17, 15) is 4.79 Å². The molecule has 4 N–H and O–H groups in total. The van der Waals surface area contributed by atoms with Crippen LogP contribution in [0.4, 0.5) is 17.3 Å². The quantitative estimate of drug-likeness (QED) is 0.788. The number of hydrogen-bond acceptors (Lipinski definition) is 5. The molecule has 0 radical (unpaired) electrons. The molecule has 0 aliphatic heterocycles. The summed E-state index contributed by atoms with van der Waals surface area (Å²) in [4.78, 5) is 17.5. The van der Waals surface area contributed by atoms with Gasteiger partial charge in [0.25, 0.3) is 5.91 Å². The minimum atomic E-state index is -0.436. The Bertz CT molecular complexity index is 609. The Morgan fingerprint density at radius 2 is 2.21 bits per heavy atom. The van der Waals surface area contributed by atoms with Gasteiger partial charge in [0.1, 0.15) is 0 Å². The zero-order chi connectivity index (χ0) is 14.0. The number of aromatic nitrogens is 3. The first kappa shape index (κ1) is 13.2. The lowest BCUT2D eigenvalue weighted by molar-refractivity contribution is 0.101. The molecular formula is C11H13ClN6O. The van der Waals surface area contributed by atoms with Gasteiger partial charge in [0, 0.05) is 14.1 Å². The molecule has 1 heterocycles. The summed E-state index contributed by atoms with van der Waals surface area (Å²) in [7, 11) is 3.67. The second-order valence-corrected chi connectivity index (χ2v) is 4.43. The predicted molar refractivity (Wildman–Crippen MR) is 74.5 cm³/mol. The second kappa shape index (κ2) is 5.15. The van der Waals surface area contributed by atoms with Gasteiger partial charge in [-0.2, -0.15) is 4.98 Å². The Labute approximate surface area is 114 Å². The fraction of sp³-hybridized carbons (Fsp3) is 0.182. The number of hydrogen-bond donors (Lipinski definition) is 3. The first-order chi connectivity index (χ1) is 8.99. The molecule has 8 heteroatoms. The van der Waals surface area contributed by atoms with Gasteiger partial charge in [-0.3, -0.25) is 9.89 Å². The van der Waals surface area contributed by atoms with Crippen LogP contribution in [0.15, 0.2) is 18.2 Å². The number of benzene rings is 1. The Morgan fingerprint density at radius 1 is 1.47 bits per heavy atom. The van der Waals surface area contributed by atoms with Crippen LogP contribution in [-0.2, 0) is 0 Å². The zero-order valence-electron chi connectivity index (χ0n) is 10.4. The predicted octanol–water partition coefficient (Wildman–Crippen LogP) is 1.36. The minimum Gasteiger partial charge on any atom is -0.375 e. The molecule has 1 amide bonds. The van der Waals surface area contributed by atoms with Crippen molar-refractivity contribution >= 4 is 34.8 Å². The summed E-state index contributed by atoms with van der Waals surface area (Å²) < 4.78 is 0. The van der Waals surface area contributed by atoms with E-state index in [0.29, 0.717) is 16.4 Å². The van der Waals surface area contributed by atoms with Crippen LogP contribution in [0.25, 0.3) is 0 Å². The number of para-hydroxylation sites is 1. The first-order valence-corrected chi connectivity index (χ1v) is 5.82. The molecule has 0 saturated carbocycles. The SMILES string of the molecule is CN(C)c1c(Cl)cccc1NC(=O)c1nc(N)n[nH]1. The van der Waals surface area contributed by atoms with Crippen LogP contribution in [0.5, 0.6) is 0 Å². The topological polar surface area (TPSA) is 99.9 Å². The third kappa shape index (κ3) is 2.76. The number of nitrogens with zero attached hydrogens (tertiary/aromatic N) is 3. The lowest BCUT2D eigenvalue weighted by Crippen LogP contribution is -2.18. The van der Waals surface area contributed by atoms with Crippen LogP contribution < -0.4 is 16.0 Å². The number of nitrogens with one attached hydrogen (secondary N) is 2. The second-order valence-electron chi connectivity index (χ2n) is 4.03. The molecular weight excluding hydrogens is 268 g/mol. The number of halogens is 1. The van der Waals surface area contributed by atoms with Crippen molar-refractivity contribution in [1.29, 1.82) is 0 Å². The van der Waals surface area contributed by atoms with Crippen LogP contribution in [0, 0.1) is 0 Å². The number of H-pyrrole nitrogens is 1. The summed E-state index contributed by atoms with van der Waals surface area (Å²) >= 11 is 6.11. The standard InChI is InChI=1S/C11H13ClN6O/c1-18(2)8-6(12)4-3-5-7(8)14-10(19)9-15-11(13)17-16-9/h3-5H,1-2H3,(H,14,19)(H3,13,15,16,17). The molecule has 0 unspecified atom stereocenters. The highest BCUT2D eigenvalue weighted by molar-refractivity contribution is 6.34. The number of anilines is 3. The Balaban J connectivity index is 2.29. The van der Waals surface area contributed by atoms with E-state index in [1.165, 1.54) is 0 Å². The Morgan fingerprint density at radius 3 is 2.79 bits per heavy atom. The molecule has 1 aromatic heterocycles. The van der Waals surface area contributed by atoms with Crippen molar-refractivity contribution in [1.82, 2.24) is 15.2 Å². The third-order valence-electron chi connectivity index (χ3n) is 2.40. The third-order valence-corrected chi connectivity index (χ3v) is 2.70. The number of carbonyl (C=O) groups is 1. The summed E-state index contributed by atoms with van der Waals surface area (Å²) in [6, 6.07) is 5.25. The monoisotopic (exact) mass is 280 g/mol. The zero-order valence-corrected chi connectivity index (χ0v) is 11.2. The lowest BCUT2D eigenvalue weighted by Gasteiger charge is -2.19. The Hall–Kier alpha value is -2.28. The van der Waals surface area contributed by atoms with Gasteiger partial charge < -0.3 is 16.0 Å². The van der Waals surface area contributed by atoms with Crippen molar-refractivity contribution in [2.24, 2.45) is 0 Å². The molecule has 19 heavy (non-hydrogen) atoms. The molecule has 2 aromatic rings. The van der Waals surface area contributed by atoms with Crippen molar-refractivity contribution in [3.63, 3.8) is 0 Å². The number of aromatic amines is 1. The van der Waals surface area contributed by atoms with Gasteiger partial charge >= 0.3 is 0 Å². The van der Waals surface area contributed by atoms with Crippen molar-refractivity contribution in [2.75, 3.05) is 30.0 Å². The van der Waals surface area contributed by atoms with Gasteiger partial charge in [0.05, 0.1) is 16.4 Å². The molecule has 0 spiro atoms. The van der Waals surface area contributed by atoms with Gasteiger partial charge in [0.2, 0.25) is 11.8 Å². The highest BCUT2D eigenvalue weighted by Gasteiger charge is 2.15. The lowest BCUT2D eigenvalue weighted by atomic mass is 10.2. The number of nitrogen functional groups attached to an aromatic ring is 1. The van der Waals surface area contributed by atoms with Crippen molar-refractivity contribution in [3.05, 3.63) is 29.0 Å². The van der Waals surface area contributed by atoms with E-state index >= 15 is 0 Å². The molecule has 0 bridgehead atoms. The van der Waals surface area contributed by atoms with Gasteiger partial charge in [-0.1, -0.05) is 17.7 Å². The van der Waals surface area contributed by atoms with Crippen LogP contribution >= 0.6 is 11.6 Å². The maximum Gasteiger partial charge on any atom is 0.293 e. The average Bonchev–Trinajstić information content (AvgIpc) is 2.75. The van der Waals surface area contributed by atoms with E-state index in [4.69, 9.17) is 17.3 Å². The largest absolute Gasteiger partial charge is 0.375 e. The molecule has 1 aromatic carbocycles. The fourth-order valence-electron chi connectivity index (χ4n) is 1.63. The van der Waals surface area contributed by atoms with E-state index in [0.717, 1.165) is 0 Å². The molecule has 0 saturated heterocycles. The molecule has 2 rings (SSSR count). The maximum atomic E-state index is 12.0. The van der Waals surface area contributed by atoms with Crippen molar-refractivity contribution in [2.45, 2.75) is 0 Å². The van der Waals surface area contributed by atoms with E-state index in [-0.39, 0.29) is 11.8 Å². The minimum absolute atomic E-state index is 0.0177. The highest BCUT2D eigenvalue weighted by atomic mass is 35.5. The van der Waals surface area contributed by atoms with Crippen LogP contribution in [0.1, 0.15) is 10.6 Å². The average molecular weight is 281 g/mol. The number of rotatable bonds is 3. The molecule has 100 valence electrons. The Kier molecular flexibility index (Phi) is 3.57. The van der Waals surface area contributed by atoms with E-state index in [1.54, 1.807) is 18.2 Å². The van der Waals surface area contributed by atoms with Gasteiger partial charge in [-0.05, 0) is 12.1 Å². The van der Waals surface area contributed by atoms with Crippen LogP contribution in [-0.4, -0.2) is 35.2 Å². The molecule has 7 nitrogen and oxygen atoms in total. The summed E-state index contributed by atoms with van der Waals surface area (Å²) in [6.07, 6.45) is 0. The van der Waals surface area contributed by atoms with E-state index in [2.05, 4.69) is 20.5 Å². The van der Waals surface area contributed by atoms with Gasteiger partial charge in [0.15, 0.2) is 0 Å². The van der Waals surface area contributed by atoms with Crippen LogP contribution in [0.2, 0.25) is 5.02 Å². The smallest absolute Gasteiger partial charge is 0.293 e. The normalized spacial score (nSPS) is 10.3. The summed E-state index contributed by atoms with van der Waals surface area (Å²) in [5, 5.41) is 9.29. The van der Waals surface area contributed by atoms with Gasteiger partial charge in [-0.15, -0.1) is 5.10 Å². The van der Waals surface area contributed by atoms with E-state index in [1.807, 2.05) is 19.0 Å². The fourth-order valence-corrected chi connectivity index (χ4v) is 1.97. The van der Waals surface area contributed by atoms with Crippen molar-refractivity contribution < 1.29 is 4.79 Å². The highest BCUT2D eigenvalue weighted by Crippen LogP contribution is 2.32.